The zero-order valence-corrected chi connectivity index (χ0v) is 16.1. The minimum Gasteiger partial charge on any atom is -0.472 e. The zero-order chi connectivity index (χ0) is 21.3. The van der Waals surface area contributed by atoms with Gasteiger partial charge < -0.3 is 10.5 Å². The number of ether oxygens (including phenoxy) is 1. The largest absolute Gasteiger partial charge is 0.472 e. The van der Waals surface area contributed by atoms with Crippen LogP contribution in [-0.4, -0.2) is 20.0 Å². The number of aromatic amines is 1. The molecule has 4 aromatic rings. The number of alkyl halides is 3. The lowest BCUT2D eigenvalue weighted by Crippen LogP contribution is -2.08. The summed E-state index contributed by atoms with van der Waals surface area (Å²) in [5.41, 5.74) is 5.58. The van der Waals surface area contributed by atoms with Crippen LogP contribution in [0.25, 0.3) is 16.8 Å². The van der Waals surface area contributed by atoms with Crippen molar-refractivity contribution in [1.82, 2.24) is 20.0 Å². The topological polar surface area (TPSA) is 81.8 Å². The van der Waals surface area contributed by atoms with Crippen molar-refractivity contribution in [2.24, 2.45) is 0 Å². The lowest BCUT2D eigenvalue weighted by atomic mass is 10.1. The SMILES string of the molecule is Nc1n[nH]cc1-c1c(C(F)(F)F)nn(-c2ccccc2)c1OCc1ccc(Cl)cc1. The Morgan fingerprint density at radius 2 is 1.77 bits per heavy atom. The molecule has 154 valence electrons. The van der Waals surface area contributed by atoms with Crippen molar-refractivity contribution < 1.29 is 17.9 Å². The summed E-state index contributed by atoms with van der Waals surface area (Å²) in [4.78, 5) is 0. The number of nitrogens with one attached hydrogen (secondary N) is 1. The van der Waals surface area contributed by atoms with E-state index in [2.05, 4.69) is 15.3 Å². The van der Waals surface area contributed by atoms with Crippen molar-refractivity contribution in [1.29, 1.82) is 0 Å². The second kappa shape index (κ2) is 7.75. The Morgan fingerprint density at radius 3 is 2.37 bits per heavy atom. The maximum absolute atomic E-state index is 13.9. The second-order valence-electron chi connectivity index (χ2n) is 6.37. The highest BCUT2D eigenvalue weighted by atomic mass is 35.5. The summed E-state index contributed by atoms with van der Waals surface area (Å²) < 4.78 is 48.6. The molecule has 0 radical (unpaired) electrons. The molecule has 2 aromatic heterocycles. The molecule has 3 N–H and O–H groups in total. The van der Waals surface area contributed by atoms with Crippen LogP contribution in [0.15, 0.2) is 60.8 Å². The van der Waals surface area contributed by atoms with E-state index in [0.717, 1.165) is 10.2 Å². The van der Waals surface area contributed by atoms with Crippen LogP contribution in [0, 0.1) is 0 Å². The molecule has 0 aliphatic heterocycles. The number of hydrogen-bond acceptors (Lipinski definition) is 4. The molecule has 2 heterocycles. The van der Waals surface area contributed by atoms with E-state index in [0.29, 0.717) is 10.7 Å². The van der Waals surface area contributed by atoms with Gasteiger partial charge in [-0.25, -0.2) is 0 Å². The molecule has 0 saturated carbocycles. The van der Waals surface area contributed by atoms with Crippen molar-refractivity contribution in [3.8, 4) is 22.7 Å². The monoisotopic (exact) mass is 433 g/mol. The summed E-state index contributed by atoms with van der Waals surface area (Å²) in [5.74, 6) is -0.193. The van der Waals surface area contributed by atoms with E-state index in [9.17, 15) is 13.2 Å². The maximum atomic E-state index is 13.9. The number of nitrogens with zero attached hydrogens (tertiary/aromatic N) is 3. The quantitative estimate of drug-likeness (QED) is 0.459. The average Bonchev–Trinajstić information content (AvgIpc) is 3.31. The first-order valence-corrected chi connectivity index (χ1v) is 9.15. The fraction of sp³-hybridized carbons (Fsp3) is 0.100. The van der Waals surface area contributed by atoms with Crippen LogP contribution in [0.4, 0.5) is 19.0 Å². The van der Waals surface area contributed by atoms with Crippen LogP contribution < -0.4 is 10.5 Å². The summed E-state index contributed by atoms with van der Waals surface area (Å²) in [6.45, 7) is -0.00223. The van der Waals surface area contributed by atoms with Gasteiger partial charge in [-0.3, -0.25) is 5.10 Å². The zero-order valence-electron chi connectivity index (χ0n) is 15.3. The van der Waals surface area contributed by atoms with Gasteiger partial charge in [0.15, 0.2) is 11.5 Å². The van der Waals surface area contributed by atoms with Gasteiger partial charge in [-0.05, 0) is 29.8 Å². The normalized spacial score (nSPS) is 11.6. The van der Waals surface area contributed by atoms with Crippen LogP contribution in [0.3, 0.4) is 0 Å². The second-order valence-corrected chi connectivity index (χ2v) is 6.81. The number of hydrogen-bond donors (Lipinski definition) is 2. The summed E-state index contributed by atoms with van der Waals surface area (Å²) >= 11 is 5.89. The Morgan fingerprint density at radius 1 is 1.07 bits per heavy atom. The molecule has 2 aromatic carbocycles. The molecule has 0 amide bonds. The number of nitrogen functional groups attached to an aromatic ring is 1. The van der Waals surface area contributed by atoms with Gasteiger partial charge >= 0.3 is 6.18 Å². The summed E-state index contributed by atoms with van der Waals surface area (Å²) in [7, 11) is 0. The fourth-order valence-electron chi connectivity index (χ4n) is 2.95. The van der Waals surface area contributed by atoms with Crippen molar-refractivity contribution in [2.75, 3.05) is 5.73 Å². The Bertz CT molecular complexity index is 1150. The molecule has 30 heavy (non-hydrogen) atoms. The number of aromatic nitrogens is 4. The van der Waals surface area contributed by atoms with E-state index in [1.165, 1.54) is 6.20 Å². The molecule has 0 aliphatic carbocycles. The molecule has 0 saturated heterocycles. The van der Waals surface area contributed by atoms with Gasteiger partial charge in [0.05, 0.1) is 16.8 Å². The molecule has 4 rings (SSSR count). The summed E-state index contributed by atoms with van der Waals surface area (Å²) in [6.07, 6.45) is -3.45. The minimum absolute atomic E-state index is 0.00223. The molecule has 10 heteroatoms. The van der Waals surface area contributed by atoms with Gasteiger partial charge in [-0.1, -0.05) is 41.9 Å². The van der Waals surface area contributed by atoms with Crippen LogP contribution in [0.2, 0.25) is 5.02 Å². The van der Waals surface area contributed by atoms with E-state index in [1.54, 1.807) is 54.6 Å². The number of anilines is 1. The van der Waals surface area contributed by atoms with Crippen molar-refractivity contribution in [3.05, 3.63) is 77.1 Å². The molecule has 0 fully saturated rings. The fourth-order valence-corrected chi connectivity index (χ4v) is 3.08. The van der Waals surface area contributed by atoms with Gasteiger partial charge in [0.25, 0.3) is 0 Å². The van der Waals surface area contributed by atoms with Crippen molar-refractivity contribution in [2.45, 2.75) is 12.8 Å². The van der Waals surface area contributed by atoms with Crippen LogP contribution >= 0.6 is 11.6 Å². The minimum atomic E-state index is -4.74. The lowest BCUT2D eigenvalue weighted by molar-refractivity contribution is -0.140. The van der Waals surface area contributed by atoms with E-state index >= 15 is 0 Å². The lowest BCUT2D eigenvalue weighted by Gasteiger charge is -2.12. The van der Waals surface area contributed by atoms with Gasteiger partial charge in [-0.2, -0.15) is 28.1 Å². The third-order valence-electron chi connectivity index (χ3n) is 4.34. The Kier molecular flexibility index (Phi) is 5.13. The maximum Gasteiger partial charge on any atom is 0.435 e. The molecule has 0 aliphatic rings. The van der Waals surface area contributed by atoms with E-state index in [1.807, 2.05) is 0 Å². The highest BCUT2D eigenvalue weighted by molar-refractivity contribution is 6.30. The molecule has 6 nitrogen and oxygen atoms in total. The average molecular weight is 434 g/mol. The Balaban J connectivity index is 1.88. The van der Waals surface area contributed by atoms with Gasteiger partial charge in [-0.15, -0.1) is 0 Å². The first-order valence-electron chi connectivity index (χ1n) is 8.77. The number of H-pyrrole nitrogens is 1. The third kappa shape index (κ3) is 3.84. The third-order valence-corrected chi connectivity index (χ3v) is 4.59. The van der Waals surface area contributed by atoms with E-state index in [-0.39, 0.29) is 29.4 Å². The number of nitrogens with two attached hydrogens (primary N) is 1. The molecule has 0 atom stereocenters. The van der Waals surface area contributed by atoms with Crippen molar-refractivity contribution >= 4 is 17.4 Å². The predicted octanol–water partition coefficient (Wildman–Crippen LogP) is 5.10. The highest BCUT2D eigenvalue weighted by Gasteiger charge is 2.41. The Hall–Kier alpha value is -3.46. The van der Waals surface area contributed by atoms with E-state index in [4.69, 9.17) is 22.1 Å². The Labute approximate surface area is 174 Å². The number of halogens is 4. The first kappa shape index (κ1) is 19.8. The number of rotatable bonds is 5. The summed E-state index contributed by atoms with van der Waals surface area (Å²) in [5, 5.41) is 10.6. The smallest absolute Gasteiger partial charge is 0.435 e. The van der Waals surface area contributed by atoms with Crippen LogP contribution in [-0.2, 0) is 12.8 Å². The summed E-state index contributed by atoms with van der Waals surface area (Å²) in [6, 6.07) is 15.2. The molecular formula is C20H15ClF3N5O. The predicted molar refractivity (Wildman–Crippen MR) is 106 cm³/mol. The molecule has 0 spiro atoms. The molecular weight excluding hydrogens is 419 g/mol. The number of para-hydroxylation sites is 1. The molecule has 0 bridgehead atoms. The number of benzene rings is 2. The molecule has 0 unspecified atom stereocenters. The van der Waals surface area contributed by atoms with E-state index < -0.39 is 11.9 Å². The van der Waals surface area contributed by atoms with Gasteiger partial charge in [0.1, 0.15) is 6.61 Å². The van der Waals surface area contributed by atoms with Gasteiger partial charge in [0.2, 0.25) is 5.88 Å². The highest BCUT2D eigenvalue weighted by Crippen LogP contribution is 2.44. The standard InChI is InChI=1S/C20H15ClF3N5O/c21-13-8-6-12(7-9-13)11-30-19-16(15-10-26-27-18(15)25)17(20(22,23)24)28-29(19)14-4-2-1-3-5-14/h1-10H,11H2,(H3,25,26,27). The van der Waals surface area contributed by atoms with Crippen LogP contribution in [0.1, 0.15) is 11.3 Å². The van der Waals surface area contributed by atoms with Crippen LogP contribution in [0.5, 0.6) is 5.88 Å². The van der Waals surface area contributed by atoms with Crippen molar-refractivity contribution in [3.63, 3.8) is 0 Å². The first-order chi connectivity index (χ1) is 14.3. The van der Waals surface area contributed by atoms with Gasteiger partial charge in [0, 0.05) is 11.2 Å².